The maximum Gasteiger partial charge on any atom is 0.326 e. The number of hydrogen-bond donors (Lipinski definition) is 3. The van der Waals surface area contributed by atoms with Crippen LogP contribution in [0.3, 0.4) is 0 Å². The zero-order chi connectivity index (χ0) is 14.6. The molecule has 0 aliphatic heterocycles. The van der Waals surface area contributed by atoms with Crippen molar-refractivity contribution < 1.29 is 14.7 Å². The molecule has 0 aromatic heterocycles. The van der Waals surface area contributed by atoms with Crippen LogP contribution >= 0.6 is 0 Å². The molecule has 0 saturated carbocycles. The first-order valence-corrected chi connectivity index (χ1v) is 6.36. The molecular weight excluding hydrogens is 232 g/mol. The molecule has 18 heavy (non-hydrogen) atoms. The second-order valence-electron chi connectivity index (χ2n) is 5.85. The number of rotatable bonds is 7. The van der Waals surface area contributed by atoms with E-state index in [4.69, 9.17) is 10.8 Å². The molecule has 0 saturated heterocycles. The average Bonchev–Trinajstić information content (AvgIpc) is 2.21. The fourth-order valence-electron chi connectivity index (χ4n) is 1.30. The smallest absolute Gasteiger partial charge is 0.326 e. The van der Waals surface area contributed by atoms with Crippen LogP contribution in [-0.4, -0.2) is 28.6 Å². The van der Waals surface area contributed by atoms with E-state index in [1.54, 1.807) is 27.7 Å². The van der Waals surface area contributed by atoms with E-state index in [1.807, 2.05) is 6.92 Å². The van der Waals surface area contributed by atoms with E-state index in [9.17, 15) is 9.59 Å². The average molecular weight is 258 g/mol. The van der Waals surface area contributed by atoms with E-state index >= 15 is 0 Å². The van der Waals surface area contributed by atoms with Gasteiger partial charge < -0.3 is 16.2 Å². The molecule has 0 spiro atoms. The van der Waals surface area contributed by atoms with Gasteiger partial charge in [0.05, 0.1) is 5.41 Å². The van der Waals surface area contributed by atoms with Crippen molar-refractivity contribution in [2.24, 2.45) is 11.1 Å². The minimum Gasteiger partial charge on any atom is -0.480 e. The third kappa shape index (κ3) is 4.29. The van der Waals surface area contributed by atoms with Gasteiger partial charge in [-0.05, 0) is 34.1 Å². The van der Waals surface area contributed by atoms with Crippen molar-refractivity contribution in [3.8, 4) is 0 Å². The summed E-state index contributed by atoms with van der Waals surface area (Å²) in [6.45, 7) is 8.94. The zero-order valence-electron chi connectivity index (χ0n) is 12.0. The summed E-state index contributed by atoms with van der Waals surface area (Å²) in [5.41, 5.74) is 4.41. The lowest BCUT2D eigenvalue weighted by molar-refractivity contribution is -0.144. The van der Waals surface area contributed by atoms with Gasteiger partial charge in [0.2, 0.25) is 5.91 Å². The minimum absolute atomic E-state index is 0.321. The van der Waals surface area contributed by atoms with Crippen molar-refractivity contribution in [3.63, 3.8) is 0 Å². The maximum atomic E-state index is 12.1. The van der Waals surface area contributed by atoms with Crippen molar-refractivity contribution in [2.45, 2.75) is 65.5 Å². The van der Waals surface area contributed by atoms with Crippen LogP contribution in [-0.2, 0) is 9.59 Å². The highest BCUT2D eigenvalue weighted by molar-refractivity contribution is 5.87. The predicted octanol–water partition coefficient (Wildman–Crippen LogP) is 1.51. The zero-order valence-corrected chi connectivity index (χ0v) is 12.0. The normalized spacial score (nSPS) is 14.1. The van der Waals surface area contributed by atoms with E-state index in [2.05, 4.69) is 5.32 Å². The Hall–Kier alpha value is -1.10. The predicted molar refractivity (Wildman–Crippen MR) is 71.1 cm³/mol. The van der Waals surface area contributed by atoms with Crippen LogP contribution in [0.5, 0.6) is 0 Å². The van der Waals surface area contributed by atoms with Crippen LogP contribution in [0, 0.1) is 5.41 Å². The lowest BCUT2D eigenvalue weighted by atomic mass is 9.74. The quantitative estimate of drug-likeness (QED) is 0.645. The fourth-order valence-corrected chi connectivity index (χ4v) is 1.30. The van der Waals surface area contributed by atoms with Crippen LogP contribution < -0.4 is 11.1 Å². The Morgan fingerprint density at radius 1 is 1.28 bits per heavy atom. The van der Waals surface area contributed by atoms with E-state index in [-0.39, 0.29) is 5.91 Å². The molecular formula is C13H26N2O3. The molecule has 4 N–H and O–H groups in total. The first-order chi connectivity index (χ1) is 8.04. The molecule has 0 aromatic rings. The van der Waals surface area contributed by atoms with Gasteiger partial charge in [-0.1, -0.05) is 19.8 Å². The third-order valence-corrected chi connectivity index (χ3v) is 3.63. The summed E-state index contributed by atoms with van der Waals surface area (Å²) >= 11 is 0. The number of nitrogens with two attached hydrogens (primary N) is 1. The molecule has 0 fully saturated rings. The van der Waals surface area contributed by atoms with E-state index < -0.39 is 23.0 Å². The molecule has 106 valence electrons. The number of carbonyl (C=O) groups excluding carboxylic acids is 1. The van der Waals surface area contributed by atoms with Crippen molar-refractivity contribution in [1.82, 2.24) is 5.32 Å². The highest BCUT2D eigenvalue weighted by Gasteiger charge is 2.41. The van der Waals surface area contributed by atoms with Gasteiger partial charge >= 0.3 is 5.97 Å². The van der Waals surface area contributed by atoms with Crippen molar-refractivity contribution in [2.75, 3.05) is 0 Å². The Balaban J connectivity index is 4.75. The topological polar surface area (TPSA) is 92.4 Å². The Bertz CT molecular complexity index is 306. The minimum atomic E-state index is -0.998. The van der Waals surface area contributed by atoms with Gasteiger partial charge in [-0.3, -0.25) is 4.79 Å². The molecule has 1 atom stereocenters. The van der Waals surface area contributed by atoms with Gasteiger partial charge in [0.25, 0.3) is 0 Å². The summed E-state index contributed by atoms with van der Waals surface area (Å²) in [4.78, 5) is 23.2. The van der Waals surface area contributed by atoms with E-state index in [1.165, 1.54) is 0 Å². The summed E-state index contributed by atoms with van der Waals surface area (Å²) in [6, 6.07) is -0.834. The SMILES string of the molecule is CCCCC(NC(=O)C(C)(C)C(C)(C)N)C(=O)O. The largest absolute Gasteiger partial charge is 0.480 e. The van der Waals surface area contributed by atoms with Gasteiger partial charge in [0.1, 0.15) is 6.04 Å². The molecule has 0 heterocycles. The number of carboxylic acids is 1. The summed E-state index contributed by atoms with van der Waals surface area (Å²) in [5.74, 6) is -1.32. The van der Waals surface area contributed by atoms with Crippen LogP contribution in [0.15, 0.2) is 0 Å². The van der Waals surface area contributed by atoms with Crippen LogP contribution in [0.1, 0.15) is 53.9 Å². The number of carbonyl (C=O) groups is 2. The number of hydrogen-bond acceptors (Lipinski definition) is 3. The highest BCUT2D eigenvalue weighted by Crippen LogP contribution is 2.28. The Labute approximate surface area is 109 Å². The van der Waals surface area contributed by atoms with Gasteiger partial charge in [0.15, 0.2) is 0 Å². The lowest BCUT2D eigenvalue weighted by Gasteiger charge is -2.37. The standard InChI is InChI=1S/C13H26N2O3/c1-6-7-8-9(10(16)17)15-11(18)12(2,3)13(4,5)14/h9H,6-8,14H2,1-5H3,(H,15,18)(H,16,17). The van der Waals surface area contributed by atoms with Crippen molar-refractivity contribution >= 4 is 11.9 Å². The summed E-state index contributed by atoms with van der Waals surface area (Å²) < 4.78 is 0. The fraction of sp³-hybridized carbons (Fsp3) is 0.846. The second-order valence-corrected chi connectivity index (χ2v) is 5.85. The monoisotopic (exact) mass is 258 g/mol. The van der Waals surface area contributed by atoms with Gasteiger partial charge in [-0.25, -0.2) is 4.79 Å². The van der Waals surface area contributed by atoms with Crippen molar-refractivity contribution in [1.29, 1.82) is 0 Å². The molecule has 1 amide bonds. The molecule has 0 radical (unpaired) electrons. The molecule has 0 aromatic carbocycles. The number of amides is 1. The summed E-state index contributed by atoms with van der Waals surface area (Å²) in [6.07, 6.45) is 2.10. The molecule has 5 nitrogen and oxygen atoms in total. The third-order valence-electron chi connectivity index (χ3n) is 3.63. The lowest BCUT2D eigenvalue weighted by Crippen LogP contribution is -2.58. The number of aliphatic carboxylic acids is 1. The second kappa shape index (κ2) is 6.18. The molecule has 1 unspecified atom stereocenters. The molecule has 5 heteroatoms. The maximum absolute atomic E-state index is 12.1. The van der Waals surface area contributed by atoms with Crippen molar-refractivity contribution in [3.05, 3.63) is 0 Å². The number of carboxylic acid groups (broad SMARTS) is 1. The number of unbranched alkanes of at least 4 members (excludes halogenated alkanes) is 1. The van der Waals surface area contributed by atoms with E-state index in [0.717, 1.165) is 12.8 Å². The van der Waals surface area contributed by atoms with Gasteiger partial charge in [0, 0.05) is 5.54 Å². The molecule has 0 rings (SSSR count). The number of nitrogens with one attached hydrogen (secondary N) is 1. The first kappa shape index (κ1) is 16.9. The Morgan fingerprint density at radius 3 is 2.11 bits per heavy atom. The summed E-state index contributed by atoms with van der Waals surface area (Å²) in [5, 5.41) is 11.7. The highest BCUT2D eigenvalue weighted by atomic mass is 16.4. The molecule has 0 bridgehead atoms. The molecule has 0 aliphatic rings. The van der Waals surface area contributed by atoms with Crippen LogP contribution in [0.2, 0.25) is 0 Å². The van der Waals surface area contributed by atoms with Crippen LogP contribution in [0.25, 0.3) is 0 Å². The van der Waals surface area contributed by atoms with Gasteiger partial charge in [-0.15, -0.1) is 0 Å². The first-order valence-electron chi connectivity index (χ1n) is 6.36. The Kier molecular flexibility index (Phi) is 5.80. The van der Waals surface area contributed by atoms with Crippen LogP contribution in [0.4, 0.5) is 0 Å². The summed E-state index contributed by atoms with van der Waals surface area (Å²) in [7, 11) is 0. The van der Waals surface area contributed by atoms with Gasteiger partial charge in [-0.2, -0.15) is 0 Å². The molecule has 0 aliphatic carbocycles. The Morgan fingerprint density at radius 2 is 1.78 bits per heavy atom. The van der Waals surface area contributed by atoms with E-state index in [0.29, 0.717) is 6.42 Å².